The Bertz CT molecular complexity index is 663. The summed E-state index contributed by atoms with van der Waals surface area (Å²) < 4.78 is 23.4. The third-order valence-corrected chi connectivity index (χ3v) is 3.53. The van der Waals surface area contributed by atoms with E-state index in [1.807, 2.05) is 0 Å². The summed E-state index contributed by atoms with van der Waals surface area (Å²) in [6, 6.07) is 5.40. The first-order valence-corrected chi connectivity index (χ1v) is 7.72. The smallest absolute Gasteiger partial charge is 0.411 e. The topological polar surface area (TPSA) is 55.8 Å². The predicted molar refractivity (Wildman–Crippen MR) is 87.7 cm³/mol. The number of halogens is 1. The van der Waals surface area contributed by atoms with Crippen LogP contribution in [0, 0.1) is 5.82 Å². The molecule has 1 saturated heterocycles. The van der Waals surface area contributed by atoms with E-state index in [0.29, 0.717) is 12.0 Å². The highest BCUT2D eigenvalue weighted by Crippen LogP contribution is 2.27. The third-order valence-electron chi connectivity index (χ3n) is 3.53. The van der Waals surface area contributed by atoms with Crippen LogP contribution in [-0.2, 0) is 14.3 Å². The zero-order valence-corrected chi connectivity index (χ0v) is 14.3. The van der Waals surface area contributed by atoms with Crippen LogP contribution >= 0.6 is 0 Å². The van der Waals surface area contributed by atoms with Crippen molar-refractivity contribution in [3.8, 4) is 0 Å². The maximum absolute atomic E-state index is 13.3. The Labute approximate surface area is 141 Å². The van der Waals surface area contributed by atoms with Gasteiger partial charge < -0.3 is 9.47 Å². The first-order chi connectivity index (χ1) is 11.2. The van der Waals surface area contributed by atoms with Gasteiger partial charge in [-0.05, 0) is 44.0 Å². The fourth-order valence-corrected chi connectivity index (χ4v) is 2.55. The highest BCUT2D eigenvalue weighted by molar-refractivity contribution is 5.84. The summed E-state index contributed by atoms with van der Waals surface area (Å²) in [7, 11) is 1.28. The van der Waals surface area contributed by atoms with E-state index in [2.05, 4.69) is 0 Å². The van der Waals surface area contributed by atoms with Crippen molar-refractivity contribution in [1.82, 2.24) is 4.90 Å². The molecule has 1 aliphatic heterocycles. The van der Waals surface area contributed by atoms with Crippen molar-refractivity contribution in [2.75, 3.05) is 13.7 Å². The first kappa shape index (κ1) is 18.0. The van der Waals surface area contributed by atoms with E-state index in [1.165, 1.54) is 24.1 Å². The molecule has 1 amide bonds. The van der Waals surface area contributed by atoms with Crippen LogP contribution in [0.4, 0.5) is 9.18 Å². The van der Waals surface area contributed by atoms with E-state index >= 15 is 0 Å². The fourth-order valence-electron chi connectivity index (χ4n) is 2.55. The molecule has 24 heavy (non-hydrogen) atoms. The van der Waals surface area contributed by atoms with Crippen molar-refractivity contribution in [3.05, 3.63) is 41.2 Å². The number of esters is 1. The molecule has 0 radical (unpaired) electrons. The maximum atomic E-state index is 13.3. The van der Waals surface area contributed by atoms with Gasteiger partial charge in [0, 0.05) is 13.0 Å². The molecule has 1 atom stereocenters. The zero-order chi connectivity index (χ0) is 17.9. The number of benzene rings is 1. The normalized spacial score (nSPS) is 19.5. The van der Waals surface area contributed by atoms with Crippen LogP contribution in [0.5, 0.6) is 0 Å². The van der Waals surface area contributed by atoms with Gasteiger partial charge in [0.1, 0.15) is 17.5 Å². The van der Waals surface area contributed by atoms with Gasteiger partial charge in [0.25, 0.3) is 0 Å². The molecule has 1 fully saturated rings. The molecule has 1 aromatic rings. The van der Waals surface area contributed by atoms with Crippen LogP contribution in [-0.4, -0.2) is 42.3 Å². The Morgan fingerprint density at radius 1 is 1.33 bits per heavy atom. The van der Waals surface area contributed by atoms with Crippen molar-refractivity contribution in [2.24, 2.45) is 0 Å². The largest absolute Gasteiger partial charge is 0.467 e. The van der Waals surface area contributed by atoms with Crippen LogP contribution in [0.1, 0.15) is 32.8 Å². The van der Waals surface area contributed by atoms with Gasteiger partial charge in [-0.1, -0.05) is 18.2 Å². The quantitative estimate of drug-likeness (QED) is 0.778. The Morgan fingerprint density at radius 3 is 2.62 bits per heavy atom. The second kappa shape index (κ2) is 7.03. The molecular weight excluding hydrogens is 313 g/mol. The zero-order valence-electron chi connectivity index (χ0n) is 14.3. The number of amides is 1. The first-order valence-electron chi connectivity index (χ1n) is 7.72. The van der Waals surface area contributed by atoms with Gasteiger partial charge in [0.15, 0.2) is 0 Å². The molecule has 0 bridgehead atoms. The molecule has 5 nitrogen and oxygen atoms in total. The molecule has 0 spiro atoms. The molecule has 2 rings (SSSR count). The van der Waals surface area contributed by atoms with Gasteiger partial charge in [-0.3, -0.25) is 4.90 Å². The average molecular weight is 335 g/mol. The highest BCUT2D eigenvalue weighted by atomic mass is 19.1. The van der Waals surface area contributed by atoms with E-state index in [1.54, 1.807) is 39.0 Å². The minimum Gasteiger partial charge on any atom is -0.467 e. The summed E-state index contributed by atoms with van der Waals surface area (Å²) >= 11 is 0. The van der Waals surface area contributed by atoms with Crippen molar-refractivity contribution < 1.29 is 23.5 Å². The number of likely N-dealkylation sites (tertiary alicyclic amines) is 1. The summed E-state index contributed by atoms with van der Waals surface area (Å²) in [5.41, 5.74) is 0.855. The van der Waals surface area contributed by atoms with Gasteiger partial charge >= 0.3 is 12.1 Å². The third kappa shape index (κ3) is 4.57. The maximum Gasteiger partial charge on any atom is 0.411 e. The van der Waals surface area contributed by atoms with Gasteiger partial charge in [-0.2, -0.15) is 0 Å². The lowest BCUT2D eigenvalue weighted by atomic mass is 10.1. The Balaban J connectivity index is 2.23. The van der Waals surface area contributed by atoms with Gasteiger partial charge in [-0.25, -0.2) is 14.0 Å². The Hall–Kier alpha value is -2.37. The number of hydrogen-bond donors (Lipinski definition) is 0. The average Bonchev–Trinajstić information content (AvgIpc) is 2.88. The standard InChI is InChI=1S/C18H22FNO4/c1-18(2,3)24-17(22)20-11-13(10-15(20)16(21)23-4)8-12-6-5-7-14(19)9-12/h5-9,15H,10-11H2,1-4H3/t15-/m0/s1. The van der Waals surface area contributed by atoms with E-state index < -0.39 is 23.7 Å². The van der Waals surface area contributed by atoms with E-state index in [4.69, 9.17) is 9.47 Å². The van der Waals surface area contributed by atoms with Crippen molar-refractivity contribution >= 4 is 18.1 Å². The number of nitrogens with zero attached hydrogens (tertiary/aromatic N) is 1. The molecule has 0 unspecified atom stereocenters. The molecule has 0 aliphatic carbocycles. The molecule has 1 aliphatic rings. The fraction of sp³-hybridized carbons (Fsp3) is 0.444. The summed E-state index contributed by atoms with van der Waals surface area (Å²) in [4.78, 5) is 25.7. The van der Waals surface area contributed by atoms with Crippen molar-refractivity contribution in [2.45, 2.75) is 38.8 Å². The summed E-state index contributed by atoms with van der Waals surface area (Å²) in [6.07, 6.45) is 1.55. The van der Waals surface area contributed by atoms with Crippen LogP contribution < -0.4 is 0 Å². The lowest BCUT2D eigenvalue weighted by molar-refractivity contribution is -0.145. The minimum absolute atomic E-state index is 0.241. The molecule has 0 saturated carbocycles. The summed E-state index contributed by atoms with van der Waals surface area (Å²) in [5.74, 6) is -0.834. The molecular formula is C18H22FNO4. The van der Waals surface area contributed by atoms with Crippen LogP contribution in [0.25, 0.3) is 6.08 Å². The monoisotopic (exact) mass is 335 g/mol. The number of rotatable bonds is 2. The molecule has 0 aromatic heterocycles. The highest BCUT2D eigenvalue weighted by Gasteiger charge is 2.39. The van der Waals surface area contributed by atoms with E-state index in [9.17, 15) is 14.0 Å². The van der Waals surface area contributed by atoms with Crippen molar-refractivity contribution in [1.29, 1.82) is 0 Å². The van der Waals surface area contributed by atoms with Crippen LogP contribution in [0.15, 0.2) is 29.8 Å². The van der Waals surface area contributed by atoms with Crippen LogP contribution in [0.2, 0.25) is 0 Å². The van der Waals surface area contributed by atoms with Gasteiger partial charge in [0.05, 0.1) is 7.11 Å². The lowest BCUT2D eigenvalue weighted by Gasteiger charge is -2.27. The van der Waals surface area contributed by atoms with Gasteiger partial charge in [0.2, 0.25) is 0 Å². The summed E-state index contributed by atoms with van der Waals surface area (Å²) in [5, 5.41) is 0. The van der Waals surface area contributed by atoms with Crippen LogP contribution in [0.3, 0.4) is 0 Å². The predicted octanol–water partition coefficient (Wildman–Crippen LogP) is 3.39. The Morgan fingerprint density at radius 2 is 2.04 bits per heavy atom. The molecule has 1 aromatic carbocycles. The number of carbonyl (C=O) groups is 2. The second-order valence-electron chi connectivity index (χ2n) is 6.71. The molecule has 0 N–H and O–H groups in total. The molecule has 6 heteroatoms. The number of carbonyl (C=O) groups excluding carboxylic acids is 2. The molecule has 1 heterocycles. The second-order valence-corrected chi connectivity index (χ2v) is 6.71. The lowest BCUT2D eigenvalue weighted by Crippen LogP contribution is -2.43. The van der Waals surface area contributed by atoms with E-state index in [-0.39, 0.29) is 12.4 Å². The molecule has 130 valence electrons. The SMILES string of the molecule is COC(=O)[C@@H]1CC(=Cc2cccc(F)c2)CN1C(=O)OC(C)(C)C. The van der Waals surface area contributed by atoms with Gasteiger partial charge in [-0.15, -0.1) is 0 Å². The van der Waals surface area contributed by atoms with Crippen molar-refractivity contribution in [3.63, 3.8) is 0 Å². The number of ether oxygens (including phenoxy) is 2. The number of methoxy groups -OCH3 is 1. The number of hydrogen-bond acceptors (Lipinski definition) is 4. The summed E-state index contributed by atoms with van der Waals surface area (Å²) in [6.45, 7) is 5.53. The van der Waals surface area contributed by atoms with E-state index in [0.717, 1.165) is 5.57 Å². The Kier molecular flexibility index (Phi) is 5.26. The minimum atomic E-state index is -0.732.